The van der Waals surface area contributed by atoms with Crippen LogP contribution in [0, 0.1) is 11.8 Å². The third kappa shape index (κ3) is 9.67. The van der Waals surface area contributed by atoms with Gasteiger partial charge in [0.25, 0.3) is 5.91 Å². The lowest BCUT2D eigenvalue weighted by atomic mass is 10.1. The van der Waals surface area contributed by atoms with Crippen LogP contribution in [0.3, 0.4) is 0 Å². The quantitative estimate of drug-likeness (QED) is 0.0433. The highest BCUT2D eigenvalue weighted by Crippen LogP contribution is 2.66. The fourth-order valence-corrected chi connectivity index (χ4v) is 5.98. The van der Waals surface area contributed by atoms with Gasteiger partial charge in [-0.3, -0.25) is 14.2 Å². The second-order valence-electron chi connectivity index (χ2n) is 8.09. The number of nitrogens with one attached hydrogen (secondary N) is 1. The zero-order valence-corrected chi connectivity index (χ0v) is 23.7. The first-order valence-electron chi connectivity index (χ1n) is 11.1. The number of carbonyl (C=O) groups excluding carboxylic acids is 2. The van der Waals surface area contributed by atoms with Crippen LogP contribution in [0.25, 0.3) is 0 Å². The first kappa shape index (κ1) is 34.3. The van der Waals surface area contributed by atoms with Gasteiger partial charge in [0, 0.05) is 17.3 Å². The van der Waals surface area contributed by atoms with Gasteiger partial charge in [-0.1, -0.05) is 24.0 Å². The Morgan fingerprint density at radius 1 is 1.09 bits per heavy atom. The molecule has 2 aromatic rings. The number of hydrogen-bond acceptors (Lipinski definition) is 15. The van der Waals surface area contributed by atoms with E-state index in [1.807, 2.05) is 0 Å². The smallest absolute Gasteiger partial charge is 0.385 e. The molecule has 0 spiro atoms. The highest BCUT2D eigenvalue weighted by molar-refractivity contribution is 7.66. The molecular weight excluding hydrogens is 649 g/mol. The highest BCUT2D eigenvalue weighted by Gasteiger charge is 2.48. The number of ether oxygens (including phenoxy) is 1. The normalized spacial score (nSPS) is 22.9. The van der Waals surface area contributed by atoms with Crippen molar-refractivity contribution in [2.24, 2.45) is 0 Å². The maximum Gasteiger partial charge on any atom is 0.508 e. The number of phosphoric acid groups is 3. The maximum atomic E-state index is 12.4. The summed E-state index contributed by atoms with van der Waals surface area (Å²) in [5.74, 6) is 4.21. The van der Waals surface area contributed by atoms with Crippen LogP contribution in [-0.4, -0.2) is 76.6 Å². The lowest BCUT2D eigenvalue weighted by Crippen LogP contribution is -2.36. The number of nitrogen functional groups attached to an aromatic ring is 1. The minimum atomic E-state index is -5.88. The van der Waals surface area contributed by atoms with E-state index in [0.29, 0.717) is 16.4 Å². The van der Waals surface area contributed by atoms with E-state index < -0.39 is 59.8 Å². The molecule has 1 amide bonds. The Labute approximate surface area is 239 Å². The Morgan fingerprint density at radius 2 is 1.74 bits per heavy atom. The molecule has 1 aliphatic heterocycles. The Morgan fingerprint density at radius 3 is 2.35 bits per heavy atom. The van der Waals surface area contributed by atoms with Crippen LogP contribution in [0.1, 0.15) is 32.5 Å². The van der Waals surface area contributed by atoms with Gasteiger partial charge in [0.15, 0.2) is 6.23 Å². The van der Waals surface area contributed by atoms with Gasteiger partial charge in [-0.25, -0.2) is 18.5 Å². The van der Waals surface area contributed by atoms with Crippen molar-refractivity contribution in [1.29, 1.82) is 0 Å². The van der Waals surface area contributed by atoms with Gasteiger partial charge in [0.1, 0.15) is 24.3 Å². The van der Waals surface area contributed by atoms with Crippen LogP contribution >= 0.6 is 23.5 Å². The van der Waals surface area contributed by atoms with Crippen LogP contribution in [-0.2, 0) is 36.6 Å². The number of aliphatic hydroxyl groups is 2. The van der Waals surface area contributed by atoms with Crippen molar-refractivity contribution in [2.75, 3.05) is 12.3 Å². The highest BCUT2D eigenvalue weighted by atomic mass is 31.3. The van der Waals surface area contributed by atoms with Crippen LogP contribution < -0.4 is 16.7 Å². The molecule has 24 heteroatoms. The number of carbonyl (C=O) groups is 2. The molecule has 1 aromatic heterocycles. The molecule has 6 atom stereocenters. The summed E-state index contributed by atoms with van der Waals surface area (Å²) in [7, 11) is -17.3. The summed E-state index contributed by atoms with van der Waals surface area (Å²) in [4.78, 5) is 78.8. The number of nitrogens with zero attached hydrogens (tertiary/aromatic N) is 2. The van der Waals surface area contributed by atoms with Gasteiger partial charge in [0.2, 0.25) is 6.29 Å². The predicted octanol–water partition coefficient (Wildman–Crippen LogP) is -1.73. The molecule has 1 saturated heterocycles. The molecule has 1 fully saturated rings. The van der Waals surface area contributed by atoms with Crippen LogP contribution in [0.2, 0.25) is 0 Å². The third-order valence-corrected chi connectivity index (χ3v) is 8.57. The van der Waals surface area contributed by atoms with E-state index in [-0.39, 0.29) is 23.5 Å². The molecule has 9 N–H and O–H groups in total. The molecule has 0 radical (unpaired) electrons. The van der Waals surface area contributed by atoms with Gasteiger partial charge in [-0.2, -0.15) is 18.5 Å². The molecule has 0 aliphatic carbocycles. The molecule has 6 unspecified atom stereocenters. The second kappa shape index (κ2) is 13.7. The van der Waals surface area contributed by atoms with E-state index in [1.165, 1.54) is 24.3 Å². The van der Waals surface area contributed by atoms with Crippen molar-refractivity contribution in [3.8, 4) is 11.8 Å². The van der Waals surface area contributed by atoms with Gasteiger partial charge in [-0.15, -0.1) is 4.67 Å². The average molecular weight is 670 g/mol. The van der Waals surface area contributed by atoms with Crippen molar-refractivity contribution < 1.29 is 76.0 Å². The summed E-state index contributed by atoms with van der Waals surface area (Å²) in [5, 5.41) is 23.0. The SMILES string of the molecule is Nc1nc(=O)n(C2OC(OOP(=O)(O)OP(=O)(O)OP(=O)(O)O)C(O)C2O)cc1C#CCNC(=O)c1ccc(C=O)cc1. The fraction of sp³-hybridized carbons (Fsp3) is 0.263. The van der Waals surface area contributed by atoms with E-state index in [9.17, 15) is 43.2 Å². The zero-order valence-electron chi connectivity index (χ0n) is 21.0. The van der Waals surface area contributed by atoms with Gasteiger partial charge >= 0.3 is 29.2 Å². The minimum Gasteiger partial charge on any atom is -0.385 e. The number of amides is 1. The molecule has 0 bridgehead atoms. The molecule has 234 valence electrons. The van der Waals surface area contributed by atoms with Crippen LogP contribution in [0.5, 0.6) is 0 Å². The lowest BCUT2D eigenvalue weighted by Gasteiger charge is -2.18. The molecule has 1 aromatic carbocycles. The van der Waals surface area contributed by atoms with Crippen molar-refractivity contribution in [2.45, 2.75) is 24.7 Å². The van der Waals surface area contributed by atoms with Crippen molar-refractivity contribution in [3.63, 3.8) is 0 Å². The lowest BCUT2D eigenvalue weighted by molar-refractivity contribution is -0.340. The molecule has 21 nitrogen and oxygen atoms in total. The number of benzene rings is 1. The van der Waals surface area contributed by atoms with Gasteiger partial charge < -0.3 is 45.6 Å². The Bertz CT molecular complexity index is 1630. The third-order valence-electron chi connectivity index (χ3n) is 4.97. The summed E-state index contributed by atoms with van der Waals surface area (Å²) in [5.41, 5.74) is 5.10. The first-order valence-corrected chi connectivity index (χ1v) is 15.6. The molecule has 1 aliphatic rings. The second-order valence-corrected chi connectivity index (χ2v) is 12.4. The van der Waals surface area contributed by atoms with E-state index in [1.54, 1.807) is 0 Å². The zero-order chi connectivity index (χ0) is 32.2. The minimum absolute atomic E-state index is 0.105. The summed E-state index contributed by atoms with van der Waals surface area (Å²) in [6.07, 6.45) is -6.50. The Hall–Kier alpha value is -3.15. The van der Waals surface area contributed by atoms with E-state index in [2.05, 4.69) is 40.3 Å². The topological polar surface area (TPSA) is 326 Å². The number of aliphatic hydroxyl groups excluding tert-OH is 2. The van der Waals surface area contributed by atoms with Crippen molar-refractivity contribution >= 4 is 41.5 Å². The summed E-state index contributed by atoms with van der Waals surface area (Å²) < 4.78 is 50.5. The maximum absolute atomic E-state index is 12.4. The molecule has 0 saturated carbocycles. The summed E-state index contributed by atoms with van der Waals surface area (Å²) in [6, 6.07) is 5.73. The first-order chi connectivity index (χ1) is 19.9. The predicted molar refractivity (Wildman–Crippen MR) is 136 cm³/mol. The van der Waals surface area contributed by atoms with Gasteiger partial charge in [-0.05, 0) is 12.1 Å². The number of rotatable bonds is 11. The number of aromatic nitrogens is 2. The Balaban J connectivity index is 1.67. The number of hydrogen-bond donors (Lipinski definition) is 8. The van der Waals surface area contributed by atoms with E-state index >= 15 is 0 Å². The number of anilines is 1. The van der Waals surface area contributed by atoms with Gasteiger partial charge in [0.05, 0.1) is 12.1 Å². The fourth-order valence-electron chi connectivity index (χ4n) is 3.17. The van der Waals surface area contributed by atoms with E-state index in [0.717, 1.165) is 6.20 Å². The van der Waals surface area contributed by atoms with Crippen molar-refractivity contribution in [1.82, 2.24) is 14.9 Å². The standard InChI is InChI=1S/C19H21N4O17P3/c20-15-12(2-1-7-21-16(27)11-5-3-10(9-24)4-6-11)8-23(19(28)22-15)17-13(25)14(26)18(36-17)37-38-42(32,33)40-43(34,35)39-41(29,30)31/h3-6,8-9,13-14,17-18,25-26H,7H2,(H,21,27)(H,32,33)(H,34,35)(H2,20,22,28)(H2,29,30,31). The van der Waals surface area contributed by atoms with Crippen LogP contribution in [0.15, 0.2) is 35.3 Å². The molecule has 3 rings (SSSR count). The number of aldehydes is 1. The average Bonchev–Trinajstić information content (AvgIpc) is 3.17. The monoisotopic (exact) mass is 670 g/mol. The van der Waals surface area contributed by atoms with Crippen molar-refractivity contribution in [3.05, 3.63) is 57.6 Å². The number of nitrogens with two attached hydrogens (primary N) is 1. The van der Waals surface area contributed by atoms with Crippen LogP contribution in [0.4, 0.5) is 5.82 Å². The Kier molecular flexibility index (Phi) is 10.9. The summed E-state index contributed by atoms with van der Waals surface area (Å²) in [6.45, 7) is -0.204. The summed E-state index contributed by atoms with van der Waals surface area (Å²) >= 11 is 0. The molecule has 2 heterocycles. The molecule has 43 heavy (non-hydrogen) atoms. The van der Waals surface area contributed by atoms with E-state index in [4.69, 9.17) is 25.2 Å². The molecular formula is C19H21N4O17P3. The largest absolute Gasteiger partial charge is 0.508 e.